The summed E-state index contributed by atoms with van der Waals surface area (Å²) in [5.74, 6) is 7.87. The lowest BCUT2D eigenvalue weighted by Crippen LogP contribution is -2.33. The molecule has 0 bridgehead atoms. The molecule has 74 valence electrons. The molecule has 0 fully saturated rings. The highest BCUT2D eigenvalue weighted by molar-refractivity contribution is 5.14. The molecular weight excluding hydrogens is 172 g/mol. The molecule has 1 unspecified atom stereocenters. The van der Waals surface area contributed by atoms with E-state index in [-0.39, 0.29) is 6.04 Å². The molecular formula is C12H16N2. The van der Waals surface area contributed by atoms with Crippen LogP contribution in [0.2, 0.25) is 0 Å². The highest BCUT2D eigenvalue weighted by Gasteiger charge is 2.00. The van der Waals surface area contributed by atoms with Crippen molar-refractivity contribution in [2.24, 2.45) is 5.84 Å². The molecule has 1 rings (SSSR count). The minimum atomic E-state index is -0.00119. The van der Waals surface area contributed by atoms with Crippen molar-refractivity contribution in [2.45, 2.75) is 25.3 Å². The van der Waals surface area contributed by atoms with Crippen LogP contribution in [0, 0.1) is 12.3 Å². The van der Waals surface area contributed by atoms with Crippen molar-refractivity contribution in [1.82, 2.24) is 5.43 Å². The first-order chi connectivity index (χ1) is 6.86. The van der Waals surface area contributed by atoms with Crippen molar-refractivity contribution >= 4 is 0 Å². The van der Waals surface area contributed by atoms with E-state index in [9.17, 15) is 0 Å². The summed E-state index contributed by atoms with van der Waals surface area (Å²) in [4.78, 5) is 0. The Morgan fingerprint density at radius 2 is 2.07 bits per heavy atom. The summed E-state index contributed by atoms with van der Waals surface area (Å²) in [5, 5.41) is 0. The van der Waals surface area contributed by atoms with Crippen molar-refractivity contribution in [3.05, 3.63) is 35.9 Å². The lowest BCUT2D eigenvalue weighted by Gasteiger charge is -2.08. The molecule has 3 N–H and O–H groups in total. The van der Waals surface area contributed by atoms with Gasteiger partial charge in [0.2, 0.25) is 0 Å². The van der Waals surface area contributed by atoms with Crippen LogP contribution in [0.15, 0.2) is 30.3 Å². The SMILES string of the molecule is C#CC(CCCc1ccccc1)NN. The molecule has 1 aromatic carbocycles. The lowest BCUT2D eigenvalue weighted by atomic mass is 10.1. The predicted octanol–water partition coefficient (Wildman–Crippen LogP) is 1.47. The van der Waals surface area contributed by atoms with Gasteiger partial charge in [0.1, 0.15) is 0 Å². The average Bonchev–Trinajstić information content (AvgIpc) is 2.26. The van der Waals surface area contributed by atoms with Gasteiger partial charge in [0.15, 0.2) is 0 Å². The number of hydrogen-bond acceptors (Lipinski definition) is 2. The van der Waals surface area contributed by atoms with Gasteiger partial charge in [-0.3, -0.25) is 5.84 Å². The van der Waals surface area contributed by atoms with Gasteiger partial charge in [-0.15, -0.1) is 6.42 Å². The number of rotatable bonds is 5. The maximum atomic E-state index is 5.27. The van der Waals surface area contributed by atoms with Crippen molar-refractivity contribution < 1.29 is 0 Å². The van der Waals surface area contributed by atoms with Crippen LogP contribution >= 0.6 is 0 Å². The Balaban J connectivity index is 2.26. The number of benzene rings is 1. The van der Waals surface area contributed by atoms with Crippen LogP contribution in [-0.4, -0.2) is 6.04 Å². The van der Waals surface area contributed by atoms with Crippen molar-refractivity contribution in [3.63, 3.8) is 0 Å². The summed E-state index contributed by atoms with van der Waals surface area (Å²) < 4.78 is 0. The van der Waals surface area contributed by atoms with Crippen LogP contribution < -0.4 is 11.3 Å². The molecule has 0 radical (unpaired) electrons. The van der Waals surface area contributed by atoms with Crippen LogP contribution in [0.3, 0.4) is 0 Å². The summed E-state index contributed by atoms with van der Waals surface area (Å²) in [7, 11) is 0. The van der Waals surface area contributed by atoms with Crippen molar-refractivity contribution in [1.29, 1.82) is 0 Å². The van der Waals surface area contributed by atoms with Crippen LogP contribution in [0.5, 0.6) is 0 Å². The molecule has 0 aliphatic rings. The van der Waals surface area contributed by atoms with E-state index in [0.717, 1.165) is 19.3 Å². The summed E-state index contributed by atoms with van der Waals surface area (Å²) in [6, 6.07) is 10.4. The topological polar surface area (TPSA) is 38.0 Å². The van der Waals surface area contributed by atoms with Gasteiger partial charge in [0.05, 0.1) is 6.04 Å². The average molecular weight is 188 g/mol. The van der Waals surface area contributed by atoms with E-state index in [0.29, 0.717) is 0 Å². The van der Waals surface area contributed by atoms with Crippen LogP contribution in [-0.2, 0) is 6.42 Å². The minimum absolute atomic E-state index is 0.00119. The zero-order valence-electron chi connectivity index (χ0n) is 8.24. The third-order valence-electron chi connectivity index (χ3n) is 2.20. The van der Waals surface area contributed by atoms with Gasteiger partial charge in [-0.2, -0.15) is 0 Å². The van der Waals surface area contributed by atoms with E-state index >= 15 is 0 Å². The number of nitrogens with two attached hydrogens (primary N) is 1. The molecule has 0 aliphatic carbocycles. The molecule has 0 saturated heterocycles. The predicted molar refractivity (Wildman–Crippen MR) is 59.3 cm³/mol. The zero-order chi connectivity index (χ0) is 10.2. The van der Waals surface area contributed by atoms with Crippen molar-refractivity contribution in [2.75, 3.05) is 0 Å². The third-order valence-corrected chi connectivity index (χ3v) is 2.20. The summed E-state index contributed by atoms with van der Waals surface area (Å²) >= 11 is 0. The Hall–Kier alpha value is -1.30. The second-order valence-corrected chi connectivity index (χ2v) is 3.26. The van der Waals surface area contributed by atoms with Crippen molar-refractivity contribution in [3.8, 4) is 12.3 Å². The molecule has 0 aliphatic heterocycles. The lowest BCUT2D eigenvalue weighted by molar-refractivity contribution is 0.568. The Morgan fingerprint density at radius 3 is 2.64 bits per heavy atom. The van der Waals surface area contributed by atoms with E-state index in [2.05, 4.69) is 35.6 Å². The molecule has 1 aromatic rings. The van der Waals surface area contributed by atoms with Gasteiger partial charge in [-0.1, -0.05) is 36.3 Å². The molecule has 1 atom stereocenters. The summed E-state index contributed by atoms with van der Waals surface area (Å²) in [6.45, 7) is 0. The van der Waals surface area contributed by atoms with Gasteiger partial charge >= 0.3 is 0 Å². The Morgan fingerprint density at radius 1 is 1.36 bits per heavy atom. The number of hydrogen-bond donors (Lipinski definition) is 2. The third kappa shape index (κ3) is 3.61. The standard InChI is InChI=1S/C12H16N2/c1-2-12(14-13)10-6-9-11-7-4-3-5-8-11/h1,3-5,7-8,12,14H,6,9-10,13H2. The van der Waals surface area contributed by atoms with E-state index in [1.807, 2.05) is 6.07 Å². The number of terminal acetylenes is 1. The monoisotopic (exact) mass is 188 g/mol. The molecule has 0 spiro atoms. The normalized spacial score (nSPS) is 12.0. The Bertz CT molecular complexity index is 287. The largest absolute Gasteiger partial charge is 0.270 e. The molecule has 0 aromatic heterocycles. The fourth-order valence-corrected chi connectivity index (χ4v) is 1.37. The highest BCUT2D eigenvalue weighted by atomic mass is 15.2. The second kappa shape index (κ2) is 6.20. The van der Waals surface area contributed by atoms with Gasteiger partial charge < -0.3 is 0 Å². The summed E-state index contributed by atoms with van der Waals surface area (Å²) in [5.41, 5.74) is 3.95. The number of hydrazine groups is 1. The number of nitrogens with one attached hydrogen (secondary N) is 1. The quantitative estimate of drug-likeness (QED) is 0.417. The maximum Gasteiger partial charge on any atom is 0.0815 e. The fraction of sp³-hybridized carbons (Fsp3) is 0.333. The molecule has 0 saturated carbocycles. The molecule has 2 nitrogen and oxygen atoms in total. The van der Waals surface area contributed by atoms with Crippen LogP contribution in [0.1, 0.15) is 18.4 Å². The van der Waals surface area contributed by atoms with E-state index in [4.69, 9.17) is 12.3 Å². The Kier molecular flexibility index (Phi) is 4.77. The van der Waals surface area contributed by atoms with Gasteiger partial charge in [-0.25, -0.2) is 5.43 Å². The van der Waals surface area contributed by atoms with Gasteiger partial charge in [0, 0.05) is 0 Å². The smallest absolute Gasteiger partial charge is 0.0815 e. The molecule has 0 heterocycles. The highest BCUT2D eigenvalue weighted by Crippen LogP contribution is 2.05. The first kappa shape index (κ1) is 10.8. The van der Waals surface area contributed by atoms with E-state index in [1.165, 1.54) is 5.56 Å². The maximum absolute atomic E-state index is 5.27. The molecule has 0 amide bonds. The summed E-state index contributed by atoms with van der Waals surface area (Å²) in [6.07, 6.45) is 8.30. The van der Waals surface area contributed by atoms with E-state index < -0.39 is 0 Å². The molecule has 2 heteroatoms. The molecule has 14 heavy (non-hydrogen) atoms. The number of aryl methyl sites for hydroxylation is 1. The second-order valence-electron chi connectivity index (χ2n) is 3.26. The first-order valence-corrected chi connectivity index (χ1v) is 4.83. The van der Waals surface area contributed by atoms with Gasteiger partial charge in [-0.05, 0) is 24.8 Å². The van der Waals surface area contributed by atoms with Crippen LogP contribution in [0.4, 0.5) is 0 Å². The zero-order valence-corrected chi connectivity index (χ0v) is 8.24. The van der Waals surface area contributed by atoms with Crippen LogP contribution in [0.25, 0.3) is 0 Å². The minimum Gasteiger partial charge on any atom is -0.270 e. The first-order valence-electron chi connectivity index (χ1n) is 4.83. The fourth-order valence-electron chi connectivity index (χ4n) is 1.37. The van der Waals surface area contributed by atoms with E-state index in [1.54, 1.807) is 0 Å². The van der Waals surface area contributed by atoms with Gasteiger partial charge in [0.25, 0.3) is 0 Å². The Labute approximate surface area is 85.5 Å².